The van der Waals surface area contributed by atoms with Crippen LogP contribution in [-0.4, -0.2) is 28.1 Å². The summed E-state index contributed by atoms with van der Waals surface area (Å²) in [4.78, 5) is 23.5. The monoisotopic (exact) mass is 367 g/mol. The minimum absolute atomic E-state index is 0.0292. The topological polar surface area (TPSA) is 86.6 Å². The van der Waals surface area contributed by atoms with Crippen molar-refractivity contribution in [3.8, 4) is 0 Å². The molecular weight excluding hydrogens is 353 g/mol. The van der Waals surface area contributed by atoms with E-state index in [9.17, 15) is 19.8 Å². The molecule has 0 aromatic heterocycles. The highest BCUT2D eigenvalue weighted by atomic mass is 35.5. The van der Waals surface area contributed by atoms with Crippen molar-refractivity contribution in [2.75, 3.05) is 0 Å². The van der Waals surface area contributed by atoms with Gasteiger partial charge in [-0.1, -0.05) is 59.6 Å². The van der Waals surface area contributed by atoms with Gasteiger partial charge in [0.2, 0.25) is 0 Å². The second-order valence-electron chi connectivity index (χ2n) is 5.15. The quantitative estimate of drug-likeness (QED) is 0.732. The third-order valence-electron chi connectivity index (χ3n) is 3.42. The molecule has 0 saturated carbocycles. The van der Waals surface area contributed by atoms with Crippen molar-refractivity contribution in [1.29, 1.82) is 0 Å². The number of benzene rings is 2. The van der Waals surface area contributed by atoms with Gasteiger partial charge >= 0.3 is 5.97 Å². The van der Waals surface area contributed by atoms with Gasteiger partial charge in [-0.15, -0.1) is 0 Å². The van der Waals surface area contributed by atoms with Crippen molar-refractivity contribution in [3.63, 3.8) is 0 Å². The van der Waals surface area contributed by atoms with Gasteiger partial charge < -0.3 is 15.5 Å². The van der Waals surface area contributed by atoms with Gasteiger partial charge in [-0.05, 0) is 23.3 Å². The maximum atomic E-state index is 12.1. The number of aliphatic hydroxyl groups is 1. The molecule has 0 spiro atoms. The molecule has 0 fully saturated rings. The Balaban J connectivity index is 2.11. The summed E-state index contributed by atoms with van der Waals surface area (Å²) in [6.45, 7) is 0. The Kier molecular flexibility index (Phi) is 6.20. The second-order valence-corrected chi connectivity index (χ2v) is 6.00. The van der Waals surface area contributed by atoms with E-state index in [1.54, 1.807) is 42.5 Å². The molecule has 0 unspecified atom stereocenters. The van der Waals surface area contributed by atoms with Gasteiger partial charge in [0, 0.05) is 16.5 Å². The number of carbonyl (C=O) groups excluding carboxylic acids is 1. The van der Waals surface area contributed by atoms with E-state index in [1.165, 1.54) is 6.07 Å². The van der Waals surface area contributed by atoms with Crippen LogP contribution in [0.4, 0.5) is 0 Å². The number of carbonyl (C=O) groups is 2. The first-order valence-corrected chi connectivity index (χ1v) is 7.84. The third kappa shape index (κ3) is 4.71. The van der Waals surface area contributed by atoms with E-state index >= 15 is 0 Å². The average Bonchev–Trinajstić information content (AvgIpc) is 2.56. The lowest BCUT2D eigenvalue weighted by Crippen LogP contribution is -2.44. The van der Waals surface area contributed by atoms with Gasteiger partial charge in [0.15, 0.2) is 6.10 Å². The van der Waals surface area contributed by atoms with E-state index in [2.05, 4.69) is 5.32 Å². The van der Waals surface area contributed by atoms with E-state index in [0.29, 0.717) is 21.2 Å². The lowest BCUT2D eigenvalue weighted by molar-refractivity contribution is -0.143. The van der Waals surface area contributed by atoms with Gasteiger partial charge in [-0.2, -0.15) is 0 Å². The predicted molar refractivity (Wildman–Crippen MR) is 91.1 cm³/mol. The second kappa shape index (κ2) is 8.15. The first-order chi connectivity index (χ1) is 11.4. The summed E-state index contributed by atoms with van der Waals surface area (Å²) >= 11 is 11.8. The largest absolute Gasteiger partial charge is 0.480 e. The fourth-order valence-corrected chi connectivity index (χ4v) is 2.63. The lowest BCUT2D eigenvalue weighted by Gasteiger charge is -2.18. The molecule has 2 atom stereocenters. The fourth-order valence-electron chi connectivity index (χ4n) is 2.14. The molecule has 3 N–H and O–H groups in total. The Hall–Kier alpha value is -2.08. The van der Waals surface area contributed by atoms with Crippen LogP contribution in [0.25, 0.3) is 0 Å². The highest BCUT2D eigenvalue weighted by Crippen LogP contribution is 2.22. The number of hydrogen-bond acceptors (Lipinski definition) is 3. The van der Waals surface area contributed by atoms with Crippen molar-refractivity contribution in [3.05, 3.63) is 69.7 Å². The summed E-state index contributed by atoms with van der Waals surface area (Å²) < 4.78 is 0. The van der Waals surface area contributed by atoms with Crippen molar-refractivity contribution in [2.24, 2.45) is 0 Å². The van der Waals surface area contributed by atoms with Crippen LogP contribution < -0.4 is 5.32 Å². The number of amides is 1. The van der Waals surface area contributed by atoms with E-state index in [4.69, 9.17) is 23.2 Å². The Morgan fingerprint density at radius 2 is 1.75 bits per heavy atom. The van der Waals surface area contributed by atoms with E-state index in [-0.39, 0.29) is 6.42 Å². The Morgan fingerprint density at radius 3 is 2.33 bits per heavy atom. The number of hydrogen-bond donors (Lipinski definition) is 3. The molecule has 126 valence electrons. The molecule has 0 aliphatic carbocycles. The molecule has 2 rings (SSSR count). The minimum Gasteiger partial charge on any atom is -0.480 e. The summed E-state index contributed by atoms with van der Waals surface area (Å²) in [5.41, 5.74) is 0.909. The molecule has 0 radical (unpaired) electrons. The zero-order valence-electron chi connectivity index (χ0n) is 12.4. The van der Waals surface area contributed by atoms with Crippen LogP contribution in [0.1, 0.15) is 17.2 Å². The van der Waals surface area contributed by atoms with E-state index in [0.717, 1.165) is 0 Å². The van der Waals surface area contributed by atoms with Crippen LogP contribution >= 0.6 is 23.2 Å². The summed E-state index contributed by atoms with van der Waals surface area (Å²) in [5.74, 6) is -2.02. The SMILES string of the molecule is O=C(N[C@H](Cc1ccc(Cl)cc1Cl)C(=O)O)[C@@H](O)c1ccccc1. The van der Waals surface area contributed by atoms with Crippen LogP contribution in [0.2, 0.25) is 10.0 Å². The average molecular weight is 368 g/mol. The molecule has 0 aliphatic heterocycles. The number of aliphatic carboxylic acids is 1. The molecule has 0 bridgehead atoms. The van der Waals surface area contributed by atoms with Gasteiger partial charge in [0.25, 0.3) is 5.91 Å². The smallest absolute Gasteiger partial charge is 0.326 e. The highest BCUT2D eigenvalue weighted by Gasteiger charge is 2.25. The summed E-state index contributed by atoms with van der Waals surface area (Å²) in [5, 5.41) is 22.4. The lowest BCUT2D eigenvalue weighted by atomic mass is 10.0. The minimum atomic E-state index is -1.45. The van der Waals surface area contributed by atoms with Crippen molar-refractivity contribution in [2.45, 2.75) is 18.6 Å². The van der Waals surface area contributed by atoms with Crippen LogP contribution in [0.15, 0.2) is 48.5 Å². The Labute approximate surface area is 148 Å². The summed E-state index contributed by atoms with van der Waals surface area (Å²) in [7, 11) is 0. The van der Waals surface area contributed by atoms with Gasteiger partial charge in [0.1, 0.15) is 6.04 Å². The molecule has 0 aliphatic rings. The predicted octanol–water partition coefficient (Wildman–Crippen LogP) is 2.84. The van der Waals surface area contributed by atoms with E-state index < -0.39 is 24.0 Å². The summed E-state index contributed by atoms with van der Waals surface area (Å²) in [6, 6.07) is 11.7. The number of rotatable bonds is 6. The zero-order chi connectivity index (χ0) is 17.7. The number of nitrogens with one attached hydrogen (secondary N) is 1. The molecule has 7 heteroatoms. The number of carboxylic acid groups (broad SMARTS) is 1. The molecule has 1 amide bonds. The van der Waals surface area contributed by atoms with Gasteiger partial charge in [0.05, 0.1) is 0 Å². The molecular formula is C17H15Cl2NO4. The molecule has 0 heterocycles. The molecule has 0 saturated heterocycles. The van der Waals surface area contributed by atoms with Gasteiger partial charge in [-0.25, -0.2) is 4.79 Å². The highest BCUT2D eigenvalue weighted by molar-refractivity contribution is 6.35. The zero-order valence-corrected chi connectivity index (χ0v) is 14.0. The molecule has 24 heavy (non-hydrogen) atoms. The number of carboxylic acids is 1. The number of halogens is 2. The standard InChI is InChI=1S/C17H15Cl2NO4/c18-12-7-6-11(13(19)9-12)8-14(17(23)24)20-16(22)15(21)10-4-2-1-3-5-10/h1-7,9,14-15,21H,8H2,(H,20,22)(H,23,24)/t14-,15+/m1/s1. The molecule has 2 aromatic carbocycles. The normalized spacial score (nSPS) is 13.1. The van der Waals surface area contributed by atoms with E-state index in [1.807, 2.05) is 0 Å². The van der Waals surface area contributed by atoms with Crippen molar-refractivity contribution >= 4 is 35.1 Å². The summed E-state index contributed by atoms with van der Waals surface area (Å²) in [6.07, 6.45) is -1.48. The Morgan fingerprint density at radius 1 is 1.08 bits per heavy atom. The van der Waals surface area contributed by atoms with Crippen molar-refractivity contribution < 1.29 is 19.8 Å². The van der Waals surface area contributed by atoms with Crippen LogP contribution in [0.5, 0.6) is 0 Å². The van der Waals surface area contributed by atoms with Crippen LogP contribution in [-0.2, 0) is 16.0 Å². The van der Waals surface area contributed by atoms with Crippen molar-refractivity contribution in [1.82, 2.24) is 5.32 Å². The van der Waals surface area contributed by atoms with Crippen LogP contribution in [0.3, 0.4) is 0 Å². The van der Waals surface area contributed by atoms with Crippen LogP contribution in [0, 0.1) is 0 Å². The third-order valence-corrected chi connectivity index (χ3v) is 4.00. The van der Waals surface area contributed by atoms with Gasteiger partial charge in [-0.3, -0.25) is 4.79 Å². The first kappa shape index (κ1) is 18.3. The first-order valence-electron chi connectivity index (χ1n) is 7.08. The maximum absolute atomic E-state index is 12.1. The number of aliphatic hydroxyl groups excluding tert-OH is 1. The maximum Gasteiger partial charge on any atom is 0.326 e. The Bertz CT molecular complexity index is 737. The molecule has 2 aromatic rings. The molecule has 5 nitrogen and oxygen atoms in total. The fraction of sp³-hybridized carbons (Fsp3) is 0.176.